The minimum atomic E-state index is -0.451. The first-order valence-corrected chi connectivity index (χ1v) is 7.95. The first kappa shape index (κ1) is 16.0. The van der Waals surface area contributed by atoms with Crippen LogP contribution >= 0.6 is 0 Å². The summed E-state index contributed by atoms with van der Waals surface area (Å²) in [5.74, 6) is -0.451. The smallest absolute Gasteiger partial charge is 0.323 e. The maximum Gasteiger partial charge on any atom is 0.323 e. The number of nitrogens with zero attached hydrogens (tertiary/aromatic N) is 1. The molecule has 2 amide bonds. The van der Waals surface area contributed by atoms with Gasteiger partial charge in [-0.2, -0.15) is 0 Å². The minimum Gasteiger partial charge on any atom is -0.344 e. The Labute approximate surface area is 139 Å². The van der Waals surface area contributed by atoms with Gasteiger partial charge in [0.25, 0.3) is 0 Å². The number of amides is 2. The number of aromatic nitrogens is 2. The van der Waals surface area contributed by atoms with Crippen molar-refractivity contribution >= 4 is 28.4 Å². The number of rotatable bonds is 5. The average Bonchev–Trinajstić information content (AvgIpc) is 2.96. The standard InChI is InChI=1S/C18H19FN4O/c1-2-3-4-12-5-7-14(8-6-12)22-18(24)23-16-11-21-17-15(16)9-13(19)10-20-17/h5-11H,2-4H2,1H3,(H,20,21)(H2,22,23,24). The second kappa shape index (κ2) is 7.12. The van der Waals surface area contributed by atoms with Crippen LogP contribution in [0, 0.1) is 5.82 Å². The average molecular weight is 326 g/mol. The minimum absolute atomic E-state index is 0.388. The van der Waals surface area contributed by atoms with Crippen LogP contribution in [0.1, 0.15) is 25.3 Å². The van der Waals surface area contributed by atoms with Crippen molar-refractivity contribution in [3.8, 4) is 0 Å². The van der Waals surface area contributed by atoms with Crippen LogP contribution in [-0.4, -0.2) is 16.0 Å². The van der Waals surface area contributed by atoms with Gasteiger partial charge in [-0.3, -0.25) is 0 Å². The summed E-state index contributed by atoms with van der Waals surface area (Å²) >= 11 is 0. The van der Waals surface area contributed by atoms with Crippen molar-refractivity contribution in [2.24, 2.45) is 0 Å². The van der Waals surface area contributed by atoms with E-state index in [2.05, 4.69) is 27.5 Å². The Balaban J connectivity index is 1.65. The van der Waals surface area contributed by atoms with Crippen molar-refractivity contribution in [1.29, 1.82) is 0 Å². The summed E-state index contributed by atoms with van der Waals surface area (Å²) in [6, 6.07) is 8.72. The number of carbonyl (C=O) groups excluding carboxylic acids is 1. The van der Waals surface area contributed by atoms with Crippen molar-refractivity contribution in [2.45, 2.75) is 26.2 Å². The monoisotopic (exact) mass is 326 g/mol. The van der Waals surface area contributed by atoms with Crippen LogP contribution in [0.3, 0.4) is 0 Å². The largest absolute Gasteiger partial charge is 0.344 e. The van der Waals surface area contributed by atoms with Gasteiger partial charge >= 0.3 is 6.03 Å². The topological polar surface area (TPSA) is 69.8 Å². The highest BCUT2D eigenvalue weighted by Gasteiger charge is 2.09. The van der Waals surface area contributed by atoms with E-state index in [-0.39, 0.29) is 6.03 Å². The first-order chi connectivity index (χ1) is 11.7. The van der Waals surface area contributed by atoms with E-state index in [4.69, 9.17) is 0 Å². The summed E-state index contributed by atoms with van der Waals surface area (Å²) in [6.45, 7) is 2.16. The molecule has 0 fully saturated rings. The molecule has 3 aromatic rings. The van der Waals surface area contributed by atoms with Gasteiger partial charge in [0.2, 0.25) is 0 Å². The van der Waals surface area contributed by atoms with Crippen LogP contribution in [0.4, 0.5) is 20.6 Å². The van der Waals surface area contributed by atoms with E-state index in [1.54, 1.807) is 6.20 Å². The van der Waals surface area contributed by atoms with E-state index < -0.39 is 5.82 Å². The molecule has 2 aromatic heterocycles. The molecule has 3 N–H and O–H groups in total. The van der Waals surface area contributed by atoms with Crippen LogP contribution < -0.4 is 10.6 Å². The molecule has 0 unspecified atom stereocenters. The quantitative estimate of drug-likeness (QED) is 0.636. The highest BCUT2D eigenvalue weighted by Crippen LogP contribution is 2.22. The SMILES string of the molecule is CCCCc1ccc(NC(=O)Nc2c[nH]c3ncc(F)cc23)cc1. The number of H-pyrrole nitrogens is 1. The molecule has 0 aliphatic heterocycles. The number of anilines is 2. The zero-order valence-corrected chi connectivity index (χ0v) is 13.4. The highest BCUT2D eigenvalue weighted by molar-refractivity contribution is 6.05. The lowest BCUT2D eigenvalue weighted by molar-refractivity contribution is 0.262. The third-order valence-corrected chi connectivity index (χ3v) is 3.78. The van der Waals surface area contributed by atoms with Crippen LogP contribution in [0.2, 0.25) is 0 Å². The Kier molecular flexibility index (Phi) is 4.74. The number of pyridine rings is 1. The predicted molar refractivity (Wildman–Crippen MR) is 93.7 cm³/mol. The lowest BCUT2D eigenvalue weighted by Crippen LogP contribution is -2.19. The maximum absolute atomic E-state index is 13.3. The predicted octanol–water partition coefficient (Wildman–Crippen LogP) is 4.69. The molecule has 3 rings (SSSR count). The Hall–Kier alpha value is -2.89. The molecular weight excluding hydrogens is 307 g/mol. The van der Waals surface area contributed by atoms with Crippen LogP contribution in [0.5, 0.6) is 0 Å². The molecule has 2 heterocycles. The molecule has 0 aliphatic carbocycles. The molecule has 0 spiro atoms. The van der Waals surface area contributed by atoms with Crippen molar-refractivity contribution in [3.05, 3.63) is 54.1 Å². The van der Waals surface area contributed by atoms with E-state index >= 15 is 0 Å². The molecule has 0 bridgehead atoms. The molecule has 24 heavy (non-hydrogen) atoms. The number of hydrogen-bond donors (Lipinski definition) is 3. The molecular formula is C18H19FN4O. The summed E-state index contributed by atoms with van der Waals surface area (Å²) < 4.78 is 13.3. The Morgan fingerprint density at radius 2 is 2.04 bits per heavy atom. The lowest BCUT2D eigenvalue weighted by Gasteiger charge is -2.08. The number of halogens is 1. The van der Waals surface area contributed by atoms with Crippen molar-refractivity contribution in [1.82, 2.24) is 9.97 Å². The fraction of sp³-hybridized carbons (Fsp3) is 0.222. The number of carbonyl (C=O) groups is 1. The normalized spacial score (nSPS) is 10.8. The number of benzene rings is 1. The Morgan fingerprint density at radius 1 is 1.25 bits per heavy atom. The second-order valence-electron chi connectivity index (χ2n) is 5.63. The van der Waals surface area contributed by atoms with Gasteiger partial charge in [-0.15, -0.1) is 0 Å². The van der Waals surface area contributed by atoms with Gasteiger partial charge < -0.3 is 15.6 Å². The van der Waals surface area contributed by atoms with Gasteiger partial charge in [0.1, 0.15) is 11.5 Å². The Morgan fingerprint density at radius 3 is 2.79 bits per heavy atom. The molecule has 6 heteroatoms. The van der Waals surface area contributed by atoms with Crippen molar-refractivity contribution in [3.63, 3.8) is 0 Å². The summed E-state index contributed by atoms with van der Waals surface area (Å²) in [6.07, 6.45) is 6.06. The lowest BCUT2D eigenvalue weighted by atomic mass is 10.1. The zero-order chi connectivity index (χ0) is 16.9. The van der Waals surface area contributed by atoms with E-state index in [0.29, 0.717) is 22.4 Å². The van der Waals surface area contributed by atoms with Gasteiger partial charge in [0, 0.05) is 17.3 Å². The fourth-order valence-corrected chi connectivity index (χ4v) is 2.50. The third-order valence-electron chi connectivity index (χ3n) is 3.78. The molecule has 5 nitrogen and oxygen atoms in total. The van der Waals surface area contributed by atoms with Gasteiger partial charge in [-0.05, 0) is 36.6 Å². The van der Waals surface area contributed by atoms with Crippen molar-refractivity contribution < 1.29 is 9.18 Å². The molecule has 0 atom stereocenters. The molecule has 0 saturated heterocycles. The first-order valence-electron chi connectivity index (χ1n) is 7.95. The third kappa shape index (κ3) is 3.71. The number of hydrogen-bond acceptors (Lipinski definition) is 2. The zero-order valence-electron chi connectivity index (χ0n) is 13.4. The number of aryl methyl sites for hydroxylation is 1. The number of nitrogens with one attached hydrogen (secondary N) is 3. The van der Waals surface area contributed by atoms with E-state index in [9.17, 15) is 9.18 Å². The van der Waals surface area contributed by atoms with E-state index in [1.807, 2.05) is 24.3 Å². The van der Waals surface area contributed by atoms with Gasteiger partial charge in [0.15, 0.2) is 0 Å². The number of urea groups is 1. The van der Waals surface area contributed by atoms with Crippen molar-refractivity contribution in [2.75, 3.05) is 10.6 Å². The summed E-state index contributed by atoms with van der Waals surface area (Å²) in [5.41, 5.74) is 2.96. The number of unbranched alkanes of at least 4 members (excludes halogenated alkanes) is 1. The number of aromatic amines is 1. The number of fused-ring (bicyclic) bond motifs is 1. The second-order valence-corrected chi connectivity index (χ2v) is 5.63. The molecule has 0 saturated carbocycles. The van der Waals surface area contributed by atoms with Gasteiger partial charge in [-0.1, -0.05) is 25.5 Å². The molecule has 0 radical (unpaired) electrons. The van der Waals surface area contributed by atoms with Gasteiger partial charge in [-0.25, -0.2) is 14.2 Å². The molecule has 0 aliphatic rings. The molecule has 1 aromatic carbocycles. The summed E-state index contributed by atoms with van der Waals surface area (Å²) in [4.78, 5) is 18.9. The van der Waals surface area contributed by atoms with E-state index in [1.165, 1.54) is 11.6 Å². The Bertz CT molecular complexity index is 842. The van der Waals surface area contributed by atoms with Crippen LogP contribution in [0.25, 0.3) is 11.0 Å². The summed E-state index contributed by atoms with van der Waals surface area (Å²) in [7, 11) is 0. The summed E-state index contributed by atoms with van der Waals surface area (Å²) in [5, 5.41) is 5.99. The van der Waals surface area contributed by atoms with Crippen LogP contribution in [-0.2, 0) is 6.42 Å². The molecule has 124 valence electrons. The van der Waals surface area contributed by atoms with Crippen LogP contribution in [0.15, 0.2) is 42.7 Å². The fourth-order valence-electron chi connectivity index (χ4n) is 2.50. The maximum atomic E-state index is 13.3. The van der Waals surface area contributed by atoms with E-state index in [0.717, 1.165) is 25.5 Å². The van der Waals surface area contributed by atoms with Gasteiger partial charge in [0.05, 0.1) is 11.9 Å². The highest BCUT2D eigenvalue weighted by atomic mass is 19.1.